The molecule has 0 atom stereocenters. The summed E-state index contributed by atoms with van der Waals surface area (Å²) in [6.45, 7) is 7.88. The van der Waals surface area contributed by atoms with Gasteiger partial charge in [-0.15, -0.1) is 6.42 Å². The zero-order valence-electron chi connectivity index (χ0n) is 9.53. The van der Waals surface area contributed by atoms with E-state index in [0.717, 1.165) is 16.3 Å². The summed E-state index contributed by atoms with van der Waals surface area (Å²) in [5.41, 5.74) is 0.830. The van der Waals surface area contributed by atoms with Crippen molar-refractivity contribution in [3.05, 3.63) is 22.8 Å². The molecule has 16 heavy (non-hydrogen) atoms. The summed E-state index contributed by atoms with van der Waals surface area (Å²) in [6, 6.07) is 1.80. The summed E-state index contributed by atoms with van der Waals surface area (Å²) in [7, 11) is 0. The van der Waals surface area contributed by atoms with Gasteiger partial charge in [-0.05, 0) is 25.1 Å². The van der Waals surface area contributed by atoms with Crippen LogP contribution in [0.5, 0.6) is 5.75 Å². The number of hydrogen-bond acceptors (Lipinski definition) is 3. The van der Waals surface area contributed by atoms with Crippen LogP contribution in [0.4, 0.5) is 0 Å². The second kappa shape index (κ2) is 5.72. The van der Waals surface area contributed by atoms with Crippen LogP contribution in [0, 0.1) is 12.3 Å². The summed E-state index contributed by atoms with van der Waals surface area (Å²) in [4.78, 5) is 8.41. The molecule has 82 valence electrons. The molecule has 0 aliphatic rings. The van der Waals surface area contributed by atoms with Gasteiger partial charge in [-0.2, -0.15) is 0 Å². The monoisotopic (exact) mass is 214 g/mol. The molecule has 0 saturated heterocycles. The normalized spacial score (nSPS) is 12.3. The molecule has 0 aliphatic heterocycles. The fraction of sp³-hybridized carbons (Fsp3) is 0.231. The highest BCUT2D eigenvalue weighted by atomic mass is 16.5. The number of pyridine rings is 1. The quantitative estimate of drug-likeness (QED) is 0.549. The van der Waals surface area contributed by atoms with E-state index < -0.39 is 0 Å². The lowest BCUT2D eigenvalue weighted by Gasteiger charge is -2.01. The predicted octanol–water partition coefficient (Wildman–Crippen LogP) is 0.723. The van der Waals surface area contributed by atoms with Crippen LogP contribution >= 0.6 is 0 Å². The van der Waals surface area contributed by atoms with Crippen LogP contribution in [0.25, 0.3) is 12.3 Å². The zero-order valence-corrected chi connectivity index (χ0v) is 9.53. The number of ether oxygens (including phenoxy) is 1. The van der Waals surface area contributed by atoms with E-state index in [-0.39, 0.29) is 6.61 Å². The van der Waals surface area contributed by atoms with Gasteiger partial charge in [0.2, 0.25) is 0 Å². The van der Waals surface area contributed by atoms with Gasteiger partial charge in [0, 0.05) is 6.21 Å². The average Bonchev–Trinajstić information content (AvgIpc) is 2.26. The Hall–Kier alpha value is -2.08. The summed E-state index contributed by atoms with van der Waals surface area (Å²) >= 11 is 0. The molecule has 0 aromatic carbocycles. The second-order valence-corrected chi connectivity index (χ2v) is 3.14. The van der Waals surface area contributed by atoms with E-state index in [1.54, 1.807) is 18.5 Å². The minimum absolute atomic E-state index is 0.232. The molecular formula is C13H14N2O. The number of hydrogen-bond donors (Lipinski definition) is 0. The highest BCUT2D eigenvalue weighted by Crippen LogP contribution is 2.01. The molecule has 0 spiro atoms. The van der Waals surface area contributed by atoms with Gasteiger partial charge in [0.25, 0.3) is 0 Å². The molecule has 0 fully saturated rings. The molecule has 0 aliphatic carbocycles. The highest BCUT2D eigenvalue weighted by molar-refractivity contribution is 5.61. The average molecular weight is 214 g/mol. The third-order valence-electron chi connectivity index (χ3n) is 1.93. The fourth-order valence-corrected chi connectivity index (χ4v) is 1.27. The predicted molar refractivity (Wildman–Crippen MR) is 66.6 cm³/mol. The first-order valence-electron chi connectivity index (χ1n) is 4.90. The van der Waals surface area contributed by atoms with E-state index in [0.29, 0.717) is 5.75 Å². The van der Waals surface area contributed by atoms with Crippen molar-refractivity contribution in [2.45, 2.75) is 13.8 Å². The second-order valence-electron chi connectivity index (χ2n) is 3.14. The fourth-order valence-electron chi connectivity index (χ4n) is 1.27. The molecular weight excluding hydrogens is 200 g/mol. The first kappa shape index (κ1) is 12.0. The zero-order chi connectivity index (χ0) is 12.0. The minimum atomic E-state index is 0.232. The smallest absolute Gasteiger partial charge is 0.148 e. The largest absolute Gasteiger partial charge is 0.479 e. The minimum Gasteiger partial charge on any atom is -0.479 e. The van der Waals surface area contributed by atoms with Gasteiger partial charge in [0.1, 0.15) is 12.4 Å². The molecule has 0 N–H and O–H groups in total. The van der Waals surface area contributed by atoms with Crippen molar-refractivity contribution >= 4 is 18.5 Å². The van der Waals surface area contributed by atoms with Crippen molar-refractivity contribution in [1.82, 2.24) is 4.98 Å². The van der Waals surface area contributed by atoms with E-state index in [4.69, 9.17) is 11.2 Å². The van der Waals surface area contributed by atoms with Crippen molar-refractivity contribution in [1.29, 1.82) is 0 Å². The first-order valence-corrected chi connectivity index (χ1v) is 4.90. The number of aliphatic imine (C=N–C) groups is 1. The molecule has 3 nitrogen and oxygen atoms in total. The third kappa shape index (κ3) is 2.96. The van der Waals surface area contributed by atoms with E-state index in [2.05, 4.69) is 22.5 Å². The number of terminal acetylenes is 1. The maximum Gasteiger partial charge on any atom is 0.148 e. The van der Waals surface area contributed by atoms with Crippen LogP contribution in [-0.2, 0) is 0 Å². The Bertz CT molecular complexity index is 538. The van der Waals surface area contributed by atoms with Crippen LogP contribution < -0.4 is 15.3 Å². The summed E-state index contributed by atoms with van der Waals surface area (Å²) in [5.74, 6) is 3.02. The Morgan fingerprint density at radius 1 is 1.75 bits per heavy atom. The Labute approximate surface area is 95.2 Å². The van der Waals surface area contributed by atoms with E-state index in [1.165, 1.54) is 0 Å². The van der Waals surface area contributed by atoms with E-state index in [9.17, 15) is 0 Å². The Balaban J connectivity index is 3.16. The molecule has 0 bridgehead atoms. The Morgan fingerprint density at radius 2 is 2.50 bits per heavy atom. The van der Waals surface area contributed by atoms with E-state index >= 15 is 0 Å². The first-order chi connectivity index (χ1) is 7.69. The molecule has 1 rings (SSSR count). The van der Waals surface area contributed by atoms with Crippen molar-refractivity contribution in [2.75, 3.05) is 6.61 Å². The number of nitrogens with zero attached hydrogens (tertiary/aromatic N) is 2. The van der Waals surface area contributed by atoms with Gasteiger partial charge in [-0.25, -0.2) is 0 Å². The van der Waals surface area contributed by atoms with Gasteiger partial charge < -0.3 is 4.74 Å². The van der Waals surface area contributed by atoms with Gasteiger partial charge in [0.15, 0.2) is 0 Å². The molecule has 0 radical (unpaired) electrons. The van der Waals surface area contributed by atoms with E-state index in [1.807, 2.05) is 13.8 Å². The number of aromatic nitrogens is 1. The number of rotatable bonds is 3. The SMILES string of the molecule is C#CCOc1cn/c(=C(\C)N=CC)c(=C)c1. The van der Waals surface area contributed by atoms with Crippen LogP contribution in [-0.4, -0.2) is 17.8 Å². The topological polar surface area (TPSA) is 34.5 Å². The van der Waals surface area contributed by atoms with Crippen molar-refractivity contribution < 1.29 is 4.74 Å². The van der Waals surface area contributed by atoms with Crippen LogP contribution in [0.1, 0.15) is 13.8 Å². The molecule has 3 heteroatoms. The van der Waals surface area contributed by atoms with Gasteiger partial charge in [-0.3, -0.25) is 9.98 Å². The van der Waals surface area contributed by atoms with Gasteiger partial charge in [-0.1, -0.05) is 12.5 Å². The Morgan fingerprint density at radius 3 is 3.06 bits per heavy atom. The molecule has 0 saturated carbocycles. The van der Waals surface area contributed by atoms with Crippen molar-refractivity contribution in [3.8, 4) is 18.1 Å². The molecule has 1 aromatic rings. The summed E-state index contributed by atoms with van der Waals surface area (Å²) in [6.07, 6.45) is 8.44. The molecule has 1 heterocycles. The summed E-state index contributed by atoms with van der Waals surface area (Å²) < 4.78 is 5.24. The van der Waals surface area contributed by atoms with Gasteiger partial charge in [0.05, 0.1) is 17.2 Å². The third-order valence-corrected chi connectivity index (χ3v) is 1.93. The van der Waals surface area contributed by atoms with Crippen LogP contribution in [0.3, 0.4) is 0 Å². The van der Waals surface area contributed by atoms with Gasteiger partial charge >= 0.3 is 0 Å². The maximum absolute atomic E-state index is 5.24. The van der Waals surface area contributed by atoms with Crippen molar-refractivity contribution in [2.24, 2.45) is 4.99 Å². The molecule has 1 aromatic heterocycles. The molecule has 0 unspecified atom stereocenters. The summed E-state index contributed by atoms with van der Waals surface area (Å²) in [5, 5.41) is 1.55. The van der Waals surface area contributed by atoms with Crippen LogP contribution in [0.2, 0.25) is 0 Å². The Kier molecular flexibility index (Phi) is 4.28. The standard InChI is InChI=1S/C13H14N2O/c1-5-7-16-12-8-10(3)13(15-9-12)11(4)14-6-2/h1,6,8-9H,3,7H2,2,4H3/b13-11+,14-6?. The van der Waals surface area contributed by atoms with Crippen LogP contribution in [0.15, 0.2) is 17.3 Å². The highest BCUT2D eigenvalue weighted by Gasteiger charge is 1.95. The maximum atomic E-state index is 5.24. The lowest BCUT2D eigenvalue weighted by Crippen LogP contribution is -2.28. The lowest BCUT2D eigenvalue weighted by atomic mass is 10.3. The molecule has 0 amide bonds. The van der Waals surface area contributed by atoms with Crippen molar-refractivity contribution in [3.63, 3.8) is 0 Å². The lowest BCUT2D eigenvalue weighted by molar-refractivity contribution is 0.368.